The molecule has 0 saturated carbocycles. The van der Waals surface area contributed by atoms with Gasteiger partial charge in [-0.1, -0.05) is 13.0 Å². The van der Waals surface area contributed by atoms with Crippen LogP contribution in [-0.2, 0) is 6.42 Å². The van der Waals surface area contributed by atoms with Gasteiger partial charge in [-0.2, -0.15) is 0 Å². The summed E-state index contributed by atoms with van der Waals surface area (Å²) in [7, 11) is 3.69. The minimum absolute atomic E-state index is 0.447. The summed E-state index contributed by atoms with van der Waals surface area (Å²) in [6.45, 7) is 2.09. The Morgan fingerprint density at radius 2 is 2.06 bits per heavy atom. The van der Waals surface area contributed by atoms with Crippen molar-refractivity contribution in [3.8, 4) is 0 Å². The van der Waals surface area contributed by atoms with Crippen molar-refractivity contribution in [2.45, 2.75) is 13.3 Å². The minimum Gasteiger partial charge on any atom is -0.362 e. The molecule has 4 heteroatoms. The van der Waals surface area contributed by atoms with Gasteiger partial charge in [0.2, 0.25) is 0 Å². The zero-order valence-corrected chi connectivity index (χ0v) is 11.5. The number of carbonyl (C=O) groups excluding carboxylic acids is 1. The fourth-order valence-electron chi connectivity index (χ4n) is 1.92. The number of aromatic nitrogens is 1. The standard InChI is InChI=1S/C14H15ClN2O/c1-4-9-5-6-12-10(7-9)8-11(13(15)18)14(16-12)17(2)3/h5-8H,4H2,1-3H3. The van der Waals surface area contributed by atoms with Gasteiger partial charge < -0.3 is 4.90 Å². The Hall–Kier alpha value is -1.61. The normalized spacial score (nSPS) is 10.7. The van der Waals surface area contributed by atoms with Gasteiger partial charge in [-0.05, 0) is 41.8 Å². The summed E-state index contributed by atoms with van der Waals surface area (Å²) in [4.78, 5) is 17.8. The van der Waals surface area contributed by atoms with E-state index < -0.39 is 5.24 Å². The van der Waals surface area contributed by atoms with Crippen molar-refractivity contribution < 1.29 is 4.79 Å². The molecule has 1 aromatic carbocycles. The number of nitrogens with zero attached hydrogens (tertiary/aromatic N) is 2. The van der Waals surface area contributed by atoms with Crippen LogP contribution in [0.4, 0.5) is 5.82 Å². The van der Waals surface area contributed by atoms with Gasteiger partial charge in [0.15, 0.2) is 0 Å². The molecular formula is C14H15ClN2O. The fraction of sp³-hybridized carbons (Fsp3) is 0.286. The molecule has 18 heavy (non-hydrogen) atoms. The second-order valence-corrected chi connectivity index (χ2v) is 4.75. The van der Waals surface area contributed by atoms with Gasteiger partial charge in [-0.15, -0.1) is 0 Å². The number of hydrogen-bond acceptors (Lipinski definition) is 3. The molecular weight excluding hydrogens is 248 g/mol. The van der Waals surface area contributed by atoms with Crippen LogP contribution in [-0.4, -0.2) is 24.3 Å². The van der Waals surface area contributed by atoms with E-state index in [0.717, 1.165) is 17.3 Å². The van der Waals surface area contributed by atoms with Crippen molar-refractivity contribution in [3.05, 3.63) is 35.4 Å². The first-order chi connectivity index (χ1) is 8.52. The van der Waals surface area contributed by atoms with Gasteiger partial charge in [0.25, 0.3) is 5.24 Å². The van der Waals surface area contributed by atoms with Crippen LogP contribution in [0.3, 0.4) is 0 Å². The highest BCUT2D eigenvalue weighted by atomic mass is 35.5. The number of carbonyl (C=O) groups is 1. The molecule has 94 valence electrons. The van der Waals surface area contributed by atoms with E-state index in [0.29, 0.717) is 11.4 Å². The third-order valence-electron chi connectivity index (χ3n) is 2.90. The molecule has 0 aliphatic heterocycles. The van der Waals surface area contributed by atoms with E-state index in [4.69, 9.17) is 11.6 Å². The topological polar surface area (TPSA) is 33.2 Å². The predicted octanol–water partition coefficient (Wildman–Crippen LogP) is 3.24. The summed E-state index contributed by atoms with van der Waals surface area (Å²) in [6, 6.07) is 7.89. The molecule has 0 radical (unpaired) electrons. The van der Waals surface area contributed by atoms with Crippen LogP contribution >= 0.6 is 11.6 Å². The summed E-state index contributed by atoms with van der Waals surface area (Å²) >= 11 is 5.62. The summed E-state index contributed by atoms with van der Waals surface area (Å²) in [5.74, 6) is 0.603. The van der Waals surface area contributed by atoms with Crippen molar-refractivity contribution in [2.75, 3.05) is 19.0 Å². The van der Waals surface area contributed by atoms with Crippen molar-refractivity contribution >= 4 is 33.6 Å². The predicted molar refractivity (Wildman–Crippen MR) is 75.6 cm³/mol. The maximum Gasteiger partial charge on any atom is 0.256 e. The summed E-state index contributed by atoms with van der Waals surface area (Å²) in [5, 5.41) is 0.471. The summed E-state index contributed by atoms with van der Waals surface area (Å²) in [5.41, 5.74) is 2.54. The average Bonchev–Trinajstić information content (AvgIpc) is 2.36. The van der Waals surface area contributed by atoms with Crippen LogP contribution in [0.15, 0.2) is 24.3 Å². The lowest BCUT2D eigenvalue weighted by molar-refractivity contribution is 0.108. The Bertz CT molecular complexity index is 608. The lowest BCUT2D eigenvalue weighted by Crippen LogP contribution is -2.14. The fourth-order valence-corrected chi connectivity index (χ4v) is 2.06. The quantitative estimate of drug-likeness (QED) is 0.796. The molecule has 0 amide bonds. The van der Waals surface area contributed by atoms with Crippen LogP contribution in [0.2, 0.25) is 0 Å². The van der Waals surface area contributed by atoms with Gasteiger partial charge in [-0.25, -0.2) is 4.98 Å². The largest absolute Gasteiger partial charge is 0.362 e. The molecule has 0 saturated heterocycles. The lowest BCUT2D eigenvalue weighted by atomic mass is 10.1. The smallest absolute Gasteiger partial charge is 0.256 e. The first-order valence-electron chi connectivity index (χ1n) is 5.83. The highest BCUT2D eigenvalue weighted by Gasteiger charge is 2.14. The number of pyridine rings is 1. The third-order valence-corrected chi connectivity index (χ3v) is 3.11. The van der Waals surface area contributed by atoms with Crippen molar-refractivity contribution in [1.82, 2.24) is 4.98 Å². The summed E-state index contributed by atoms with van der Waals surface area (Å²) in [6.07, 6.45) is 0.954. The van der Waals surface area contributed by atoms with E-state index in [9.17, 15) is 4.79 Å². The monoisotopic (exact) mass is 262 g/mol. The highest BCUT2D eigenvalue weighted by molar-refractivity contribution is 6.68. The lowest BCUT2D eigenvalue weighted by Gasteiger charge is -2.15. The van der Waals surface area contributed by atoms with Gasteiger partial charge in [0.1, 0.15) is 5.82 Å². The number of anilines is 1. The molecule has 3 nitrogen and oxygen atoms in total. The number of rotatable bonds is 3. The molecule has 0 atom stereocenters. The molecule has 0 aliphatic rings. The molecule has 2 rings (SSSR count). The maximum absolute atomic E-state index is 11.5. The van der Waals surface area contributed by atoms with Crippen LogP contribution in [0.5, 0.6) is 0 Å². The van der Waals surface area contributed by atoms with Gasteiger partial charge in [0.05, 0.1) is 11.1 Å². The molecule has 2 aromatic rings. The van der Waals surface area contributed by atoms with Crippen molar-refractivity contribution in [1.29, 1.82) is 0 Å². The Morgan fingerprint density at radius 1 is 1.33 bits per heavy atom. The van der Waals surface area contributed by atoms with Crippen molar-refractivity contribution in [2.24, 2.45) is 0 Å². The van der Waals surface area contributed by atoms with E-state index in [1.54, 1.807) is 4.90 Å². The maximum atomic E-state index is 11.5. The van der Waals surface area contributed by atoms with Gasteiger partial charge in [-0.3, -0.25) is 4.79 Å². The third kappa shape index (κ3) is 2.31. The first kappa shape index (κ1) is 12.8. The van der Waals surface area contributed by atoms with E-state index in [1.165, 1.54) is 5.56 Å². The Morgan fingerprint density at radius 3 is 2.61 bits per heavy atom. The van der Waals surface area contributed by atoms with Crippen LogP contribution < -0.4 is 4.90 Å². The number of benzene rings is 1. The van der Waals surface area contributed by atoms with Gasteiger partial charge >= 0.3 is 0 Å². The van der Waals surface area contributed by atoms with Gasteiger partial charge in [0, 0.05) is 19.5 Å². The minimum atomic E-state index is -0.477. The zero-order chi connectivity index (χ0) is 13.3. The Balaban J connectivity index is 2.72. The number of fused-ring (bicyclic) bond motifs is 1. The van der Waals surface area contributed by atoms with Crippen molar-refractivity contribution in [3.63, 3.8) is 0 Å². The van der Waals surface area contributed by atoms with E-state index in [1.807, 2.05) is 32.3 Å². The second-order valence-electron chi connectivity index (χ2n) is 4.41. The number of hydrogen-bond donors (Lipinski definition) is 0. The molecule has 0 spiro atoms. The molecule has 0 aliphatic carbocycles. The van der Waals surface area contributed by atoms with Crippen LogP contribution in [0.1, 0.15) is 22.8 Å². The molecule has 1 heterocycles. The molecule has 0 N–H and O–H groups in total. The average molecular weight is 263 g/mol. The summed E-state index contributed by atoms with van der Waals surface area (Å²) < 4.78 is 0. The Kier molecular flexibility index (Phi) is 3.53. The molecule has 0 unspecified atom stereocenters. The van der Waals surface area contributed by atoms with E-state index in [-0.39, 0.29) is 0 Å². The molecule has 0 bridgehead atoms. The second kappa shape index (κ2) is 4.94. The number of aryl methyl sites for hydroxylation is 1. The van der Waals surface area contributed by atoms with E-state index in [2.05, 4.69) is 18.0 Å². The number of halogens is 1. The first-order valence-corrected chi connectivity index (χ1v) is 6.21. The molecule has 0 fully saturated rings. The van der Waals surface area contributed by atoms with Crippen LogP contribution in [0, 0.1) is 0 Å². The molecule has 1 aromatic heterocycles. The highest BCUT2D eigenvalue weighted by Crippen LogP contribution is 2.24. The Labute approximate surface area is 111 Å². The van der Waals surface area contributed by atoms with Crippen LogP contribution in [0.25, 0.3) is 10.9 Å². The zero-order valence-electron chi connectivity index (χ0n) is 10.7. The SMILES string of the molecule is CCc1ccc2nc(N(C)C)c(C(=O)Cl)cc2c1. The van der Waals surface area contributed by atoms with E-state index >= 15 is 0 Å².